The second-order valence-electron chi connectivity index (χ2n) is 7.00. The predicted molar refractivity (Wildman–Crippen MR) is 101 cm³/mol. The third-order valence-corrected chi connectivity index (χ3v) is 5.06. The molecule has 0 radical (unpaired) electrons. The van der Waals surface area contributed by atoms with Gasteiger partial charge in [0.25, 0.3) is 5.91 Å². The van der Waals surface area contributed by atoms with Crippen LogP contribution in [0.15, 0.2) is 40.8 Å². The molecule has 1 aromatic heterocycles. The number of phenolic OH excluding ortho intramolecular Hbond substituents is 1. The summed E-state index contributed by atoms with van der Waals surface area (Å²) in [6.45, 7) is 4.93. The van der Waals surface area contributed by atoms with E-state index < -0.39 is 0 Å². The van der Waals surface area contributed by atoms with Gasteiger partial charge in [0.15, 0.2) is 5.76 Å². The monoisotopic (exact) mass is 356 g/mol. The highest BCUT2D eigenvalue weighted by molar-refractivity contribution is 5.91. The Labute approximate surface area is 155 Å². The molecule has 2 N–H and O–H groups in total. The van der Waals surface area contributed by atoms with E-state index in [9.17, 15) is 9.90 Å². The van der Waals surface area contributed by atoms with E-state index in [2.05, 4.69) is 17.1 Å². The van der Waals surface area contributed by atoms with Crippen LogP contribution in [0, 0.1) is 0 Å². The minimum Gasteiger partial charge on any atom is -0.508 e. The number of likely N-dealkylation sites (tertiary alicyclic amines) is 1. The summed E-state index contributed by atoms with van der Waals surface area (Å²) in [5, 5.41) is 12.2. The summed E-state index contributed by atoms with van der Waals surface area (Å²) in [5.74, 6) is 1.36. The largest absolute Gasteiger partial charge is 0.508 e. The number of aryl methyl sites for hydroxylation is 1. The average molecular weight is 356 g/mol. The van der Waals surface area contributed by atoms with Crippen molar-refractivity contribution in [1.29, 1.82) is 0 Å². The number of aromatic hydroxyl groups is 1. The smallest absolute Gasteiger partial charge is 0.286 e. The fourth-order valence-electron chi connectivity index (χ4n) is 3.43. The summed E-state index contributed by atoms with van der Waals surface area (Å²) in [5.41, 5.74) is 1.15. The Kier molecular flexibility index (Phi) is 6.34. The van der Waals surface area contributed by atoms with Crippen molar-refractivity contribution in [1.82, 2.24) is 10.2 Å². The van der Waals surface area contributed by atoms with Crippen LogP contribution in [0.4, 0.5) is 0 Å². The number of carbonyl (C=O) groups is 1. The van der Waals surface area contributed by atoms with Crippen LogP contribution < -0.4 is 5.32 Å². The second kappa shape index (κ2) is 8.90. The van der Waals surface area contributed by atoms with Crippen LogP contribution in [0.5, 0.6) is 5.75 Å². The highest BCUT2D eigenvalue weighted by Gasteiger charge is 2.22. The van der Waals surface area contributed by atoms with Crippen molar-refractivity contribution in [2.45, 2.75) is 45.1 Å². The molecule has 0 unspecified atom stereocenters. The van der Waals surface area contributed by atoms with E-state index in [1.54, 1.807) is 18.2 Å². The van der Waals surface area contributed by atoms with Gasteiger partial charge in [0.05, 0.1) is 6.04 Å². The number of rotatable bonds is 7. The quantitative estimate of drug-likeness (QED) is 0.739. The molecule has 1 aliphatic rings. The number of amides is 1. The highest BCUT2D eigenvalue weighted by atomic mass is 16.4. The van der Waals surface area contributed by atoms with Crippen molar-refractivity contribution in [3.05, 3.63) is 53.5 Å². The first kappa shape index (κ1) is 18.5. The summed E-state index contributed by atoms with van der Waals surface area (Å²) in [6, 6.07) is 11.1. The lowest BCUT2D eigenvalue weighted by atomic mass is 10.1. The molecule has 1 saturated heterocycles. The summed E-state index contributed by atoms with van der Waals surface area (Å²) < 4.78 is 5.81. The van der Waals surface area contributed by atoms with Gasteiger partial charge in [-0.2, -0.15) is 0 Å². The van der Waals surface area contributed by atoms with Gasteiger partial charge in [-0.25, -0.2) is 0 Å². The molecule has 0 spiro atoms. The highest BCUT2D eigenvalue weighted by Crippen LogP contribution is 2.25. The Hall–Kier alpha value is -2.27. The first-order valence-corrected chi connectivity index (χ1v) is 9.53. The van der Waals surface area contributed by atoms with Gasteiger partial charge in [-0.3, -0.25) is 9.69 Å². The van der Waals surface area contributed by atoms with Gasteiger partial charge in [0, 0.05) is 6.54 Å². The van der Waals surface area contributed by atoms with Gasteiger partial charge in [-0.15, -0.1) is 0 Å². The minimum absolute atomic E-state index is 0.159. The van der Waals surface area contributed by atoms with Gasteiger partial charge >= 0.3 is 0 Å². The summed E-state index contributed by atoms with van der Waals surface area (Å²) in [7, 11) is 0. The number of carbonyl (C=O) groups excluding carboxylic acids is 1. The molecule has 2 heterocycles. The maximum absolute atomic E-state index is 12.3. The van der Waals surface area contributed by atoms with Gasteiger partial charge in [0.2, 0.25) is 0 Å². The zero-order chi connectivity index (χ0) is 18.4. The molecular formula is C21H28N2O3. The van der Waals surface area contributed by atoms with Crippen molar-refractivity contribution < 1.29 is 14.3 Å². The maximum Gasteiger partial charge on any atom is 0.286 e. The molecule has 1 atom stereocenters. The van der Waals surface area contributed by atoms with Crippen LogP contribution in [0.2, 0.25) is 0 Å². The first-order chi connectivity index (χ1) is 12.6. The Morgan fingerprint density at radius 1 is 1.15 bits per heavy atom. The summed E-state index contributed by atoms with van der Waals surface area (Å²) >= 11 is 0. The molecule has 1 fully saturated rings. The molecule has 2 aromatic rings. The fourth-order valence-corrected chi connectivity index (χ4v) is 3.43. The lowest BCUT2D eigenvalue weighted by molar-refractivity contribution is 0.0916. The van der Waals surface area contributed by atoms with Crippen LogP contribution in [0.25, 0.3) is 0 Å². The molecule has 1 aromatic carbocycles. The molecule has 0 bridgehead atoms. The van der Waals surface area contributed by atoms with Crippen LogP contribution in [-0.2, 0) is 6.42 Å². The van der Waals surface area contributed by atoms with Crippen molar-refractivity contribution in [2.24, 2.45) is 0 Å². The number of nitrogens with one attached hydrogen (secondary N) is 1. The number of phenols is 1. The number of piperidine rings is 1. The van der Waals surface area contributed by atoms with Crippen molar-refractivity contribution in [3.8, 4) is 5.75 Å². The molecule has 3 rings (SSSR count). The Balaban J connectivity index is 1.44. The molecule has 5 heteroatoms. The predicted octanol–water partition coefficient (Wildman–Crippen LogP) is 3.89. The van der Waals surface area contributed by atoms with Gasteiger partial charge in [0.1, 0.15) is 11.5 Å². The molecule has 0 aliphatic carbocycles. The van der Waals surface area contributed by atoms with Gasteiger partial charge in [-0.05, 0) is 75.5 Å². The molecular weight excluding hydrogens is 328 g/mol. The van der Waals surface area contributed by atoms with Crippen molar-refractivity contribution in [3.63, 3.8) is 0 Å². The molecule has 5 nitrogen and oxygen atoms in total. The number of nitrogens with zero attached hydrogens (tertiary/aromatic N) is 1. The van der Waals surface area contributed by atoms with E-state index in [4.69, 9.17) is 4.42 Å². The van der Waals surface area contributed by atoms with Crippen LogP contribution in [-0.4, -0.2) is 35.5 Å². The van der Waals surface area contributed by atoms with Crippen LogP contribution in [0.1, 0.15) is 60.5 Å². The SMILES string of the molecule is C[C@@H](c1ccc(C(=O)NCCCc2ccc(O)cc2)o1)N1CCCCC1. The van der Waals surface area contributed by atoms with E-state index in [0.717, 1.165) is 37.3 Å². The van der Waals surface area contributed by atoms with Gasteiger partial charge < -0.3 is 14.8 Å². The molecule has 0 saturated carbocycles. The second-order valence-corrected chi connectivity index (χ2v) is 7.00. The zero-order valence-corrected chi connectivity index (χ0v) is 15.4. The van der Waals surface area contributed by atoms with E-state index >= 15 is 0 Å². The molecule has 140 valence electrons. The van der Waals surface area contributed by atoms with Crippen LogP contribution >= 0.6 is 0 Å². The third-order valence-electron chi connectivity index (χ3n) is 5.06. The number of hydrogen-bond donors (Lipinski definition) is 2. The Morgan fingerprint density at radius 3 is 2.62 bits per heavy atom. The van der Waals surface area contributed by atoms with E-state index in [1.807, 2.05) is 18.2 Å². The topological polar surface area (TPSA) is 65.7 Å². The lowest BCUT2D eigenvalue weighted by Gasteiger charge is -2.31. The minimum atomic E-state index is -0.159. The maximum atomic E-state index is 12.3. The Morgan fingerprint density at radius 2 is 1.88 bits per heavy atom. The molecule has 26 heavy (non-hydrogen) atoms. The average Bonchev–Trinajstić information content (AvgIpc) is 3.17. The number of hydrogen-bond acceptors (Lipinski definition) is 4. The molecule has 1 amide bonds. The lowest BCUT2D eigenvalue weighted by Crippen LogP contribution is -2.32. The van der Waals surface area contributed by atoms with Crippen LogP contribution in [0.3, 0.4) is 0 Å². The van der Waals surface area contributed by atoms with E-state index in [0.29, 0.717) is 12.3 Å². The molecule has 1 aliphatic heterocycles. The normalized spacial score (nSPS) is 16.3. The van der Waals surface area contributed by atoms with Gasteiger partial charge in [-0.1, -0.05) is 18.6 Å². The number of furan rings is 1. The summed E-state index contributed by atoms with van der Waals surface area (Å²) in [4.78, 5) is 14.7. The third kappa shape index (κ3) is 4.88. The summed E-state index contributed by atoms with van der Waals surface area (Å²) in [6.07, 6.45) is 5.47. The number of benzene rings is 1. The zero-order valence-electron chi connectivity index (χ0n) is 15.4. The van der Waals surface area contributed by atoms with E-state index in [1.165, 1.54) is 19.3 Å². The van der Waals surface area contributed by atoms with Crippen molar-refractivity contribution in [2.75, 3.05) is 19.6 Å². The van der Waals surface area contributed by atoms with E-state index in [-0.39, 0.29) is 17.7 Å². The Bertz CT molecular complexity index is 702. The fraction of sp³-hybridized carbons (Fsp3) is 0.476. The standard InChI is InChI=1S/C21H28N2O3/c1-16(23-14-3-2-4-15-23)19-11-12-20(26-19)21(25)22-13-5-6-17-7-9-18(24)10-8-17/h7-12,16,24H,2-6,13-15H2,1H3,(H,22,25)/t16-/m0/s1. The van der Waals surface area contributed by atoms with Crippen molar-refractivity contribution >= 4 is 5.91 Å². The first-order valence-electron chi connectivity index (χ1n) is 9.53.